The Balaban J connectivity index is 2.99. The van der Waals surface area contributed by atoms with Crippen molar-refractivity contribution >= 4 is 74.1 Å². The molecular weight excluding hydrogens is 317 g/mol. The second-order valence-electron chi connectivity index (χ2n) is 2.53. The van der Waals surface area contributed by atoms with E-state index in [1.165, 1.54) is 12.1 Å². The monoisotopic (exact) mass is 318 g/mol. The summed E-state index contributed by atoms with van der Waals surface area (Å²) in [6, 6.07) is 2.92. The smallest absolute Gasteiger partial charge is 0.274 e. The first-order valence-corrected chi connectivity index (χ1v) is 5.64. The van der Waals surface area contributed by atoms with Crippen LogP contribution >= 0.6 is 58.0 Å². The Hall–Kier alpha value is -0.190. The minimum absolute atomic E-state index is 0.243. The summed E-state index contributed by atoms with van der Waals surface area (Å²) in [5.74, 6) is 0. The molecule has 0 aliphatic heterocycles. The van der Waals surface area contributed by atoms with E-state index in [1.54, 1.807) is 0 Å². The van der Waals surface area contributed by atoms with E-state index in [0.717, 1.165) is 0 Å². The van der Waals surface area contributed by atoms with Crippen molar-refractivity contribution in [3.05, 3.63) is 27.2 Å². The number of carbonyl (C=O) groups is 1. The molecule has 1 rings (SSSR count). The van der Waals surface area contributed by atoms with Gasteiger partial charge in [0.15, 0.2) is 0 Å². The molecule has 3 nitrogen and oxygen atoms in total. The summed E-state index contributed by atoms with van der Waals surface area (Å²) in [5.41, 5.74) is 2.70. The van der Waals surface area contributed by atoms with Crippen LogP contribution in [0.25, 0.3) is 0 Å². The third-order valence-electron chi connectivity index (χ3n) is 1.43. The van der Waals surface area contributed by atoms with Gasteiger partial charge in [-0.05, 0) is 23.7 Å². The molecule has 0 saturated heterocycles. The molecule has 1 N–H and O–H groups in total. The van der Waals surface area contributed by atoms with Gasteiger partial charge >= 0.3 is 0 Å². The molecule has 0 spiro atoms. The van der Waals surface area contributed by atoms with Crippen LogP contribution in [0, 0.1) is 0 Å². The van der Waals surface area contributed by atoms with Gasteiger partial charge in [-0.1, -0.05) is 46.4 Å². The Kier molecular flexibility index (Phi) is 5.15. The predicted molar refractivity (Wildman–Crippen MR) is 69.2 cm³/mol. The van der Waals surface area contributed by atoms with Crippen molar-refractivity contribution in [2.75, 3.05) is 5.43 Å². The zero-order chi connectivity index (χ0) is 12.3. The quantitative estimate of drug-likeness (QED) is 0.510. The molecule has 0 atom stereocenters. The number of anilines is 1. The molecule has 0 radical (unpaired) electrons. The summed E-state index contributed by atoms with van der Waals surface area (Å²) in [5, 5.41) is 3.03. The number of hydrogen-bond acceptors (Lipinski definition) is 3. The molecule has 86 valence electrons. The first-order chi connectivity index (χ1) is 7.41. The maximum Gasteiger partial charge on any atom is 0.284 e. The van der Waals surface area contributed by atoms with Crippen molar-refractivity contribution in [2.24, 2.45) is 5.10 Å². The highest BCUT2D eigenvalue weighted by Gasteiger charge is 2.08. The van der Waals surface area contributed by atoms with Gasteiger partial charge in [-0.3, -0.25) is 10.2 Å². The van der Waals surface area contributed by atoms with Gasteiger partial charge in [0.2, 0.25) is 5.17 Å². The van der Waals surface area contributed by atoms with Crippen LogP contribution in [0.4, 0.5) is 5.69 Å². The number of hydrazone groups is 1. The lowest BCUT2D eigenvalue weighted by Gasteiger charge is -2.06. The fraction of sp³-hybridized carbons (Fsp3) is 0. The molecule has 1 aromatic rings. The highest BCUT2D eigenvalue weighted by molar-refractivity contribution is 6.99. The molecule has 16 heavy (non-hydrogen) atoms. The second-order valence-corrected chi connectivity index (χ2v) is 4.48. The molecule has 0 bridgehead atoms. The van der Waals surface area contributed by atoms with Crippen molar-refractivity contribution in [3.63, 3.8) is 0 Å². The topological polar surface area (TPSA) is 41.5 Å². The maximum absolute atomic E-state index is 10.6. The zero-order valence-electron chi connectivity index (χ0n) is 7.40. The Morgan fingerprint density at radius 1 is 1.12 bits per heavy atom. The lowest BCUT2D eigenvalue weighted by atomic mass is 10.3. The standard InChI is InChI=1S/C8H3Cl5N2O/c9-3-1-4(10)6(5(11)2-3)14-15-7(12)8(13)16/h1-2,14H. The van der Waals surface area contributed by atoms with Crippen LogP contribution in [0.1, 0.15) is 0 Å². The van der Waals surface area contributed by atoms with Crippen molar-refractivity contribution in [1.82, 2.24) is 0 Å². The van der Waals surface area contributed by atoms with Gasteiger partial charge in [-0.15, -0.1) is 0 Å². The molecule has 0 aromatic heterocycles. The van der Waals surface area contributed by atoms with Crippen LogP contribution < -0.4 is 5.43 Å². The lowest BCUT2D eigenvalue weighted by Crippen LogP contribution is -2.02. The summed E-state index contributed by atoms with van der Waals surface area (Å²) in [6.45, 7) is 0. The second kappa shape index (κ2) is 5.94. The Morgan fingerprint density at radius 3 is 2.06 bits per heavy atom. The Morgan fingerprint density at radius 2 is 1.62 bits per heavy atom. The third-order valence-corrected chi connectivity index (χ3v) is 2.78. The van der Waals surface area contributed by atoms with Gasteiger partial charge in [0.1, 0.15) is 0 Å². The van der Waals surface area contributed by atoms with E-state index in [9.17, 15) is 4.79 Å². The van der Waals surface area contributed by atoms with E-state index in [1.807, 2.05) is 0 Å². The van der Waals surface area contributed by atoms with Crippen LogP contribution in [0.15, 0.2) is 17.2 Å². The molecule has 8 heteroatoms. The largest absolute Gasteiger partial charge is 0.284 e. The van der Waals surface area contributed by atoms with Crippen LogP contribution in [0.2, 0.25) is 15.1 Å². The number of nitrogens with one attached hydrogen (secondary N) is 1. The number of halogens is 5. The van der Waals surface area contributed by atoms with Crippen LogP contribution in [-0.2, 0) is 4.79 Å². The fourth-order valence-corrected chi connectivity index (χ4v) is 1.78. The summed E-state index contributed by atoms with van der Waals surface area (Å²) < 4.78 is 0. The van der Waals surface area contributed by atoms with Gasteiger partial charge in [0, 0.05) is 5.02 Å². The number of hydrogen-bond donors (Lipinski definition) is 1. The number of nitrogens with zero attached hydrogens (tertiary/aromatic N) is 1. The zero-order valence-corrected chi connectivity index (χ0v) is 11.2. The van der Waals surface area contributed by atoms with Crippen molar-refractivity contribution < 1.29 is 4.79 Å². The molecule has 0 aliphatic rings. The predicted octanol–water partition coefficient (Wildman–Crippen LogP) is 4.38. The molecule has 1 aromatic carbocycles. The highest BCUT2D eigenvalue weighted by atomic mass is 35.5. The van der Waals surface area contributed by atoms with E-state index in [-0.39, 0.29) is 15.7 Å². The van der Waals surface area contributed by atoms with Gasteiger partial charge in [0.05, 0.1) is 15.7 Å². The van der Waals surface area contributed by atoms with E-state index in [4.69, 9.17) is 58.0 Å². The Bertz CT molecular complexity index is 437. The van der Waals surface area contributed by atoms with Crippen LogP contribution in [0.5, 0.6) is 0 Å². The average Bonchev–Trinajstić information content (AvgIpc) is 2.15. The number of carbonyl (C=O) groups excluding carboxylic acids is 1. The summed E-state index contributed by atoms with van der Waals surface area (Å²) in [6.07, 6.45) is 0. The first kappa shape index (κ1) is 13.9. The molecule has 0 fully saturated rings. The first-order valence-electron chi connectivity index (χ1n) is 3.75. The maximum atomic E-state index is 10.6. The van der Waals surface area contributed by atoms with Gasteiger partial charge in [-0.2, -0.15) is 5.10 Å². The van der Waals surface area contributed by atoms with Crippen LogP contribution in [-0.4, -0.2) is 10.4 Å². The normalized spacial score (nSPS) is 11.4. The van der Waals surface area contributed by atoms with Gasteiger partial charge in [-0.25, -0.2) is 0 Å². The van der Waals surface area contributed by atoms with Gasteiger partial charge < -0.3 is 0 Å². The van der Waals surface area contributed by atoms with E-state index >= 15 is 0 Å². The summed E-state index contributed by atoms with van der Waals surface area (Å²) in [7, 11) is 0. The summed E-state index contributed by atoms with van der Waals surface area (Å²) >= 11 is 27.8. The molecule has 0 aliphatic carbocycles. The highest BCUT2D eigenvalue weighted by Crippen LogP contribution is 2.33. The van der Waals surface area contributed by atoms with E-state index in [2.05, 4.69) is 10.5 Å². The third kappa shape index (κ3) is 3.68. The van der Waals surface area contributed by atoms with Crippen LogP contribution in [0.3, 0.4) is 0 Å². The number of benzene rings is 1. The molecule has 0 heterocycles. The Labute approximate surface area is 116 Å². The minimum atomic E-state index is -0.893. The fourth-order valence-electron chi connectivity index (χ4n) is 0.798. The lowest BCUT2D eigenvalue weighted by molar-refractivity contribution is -0.106. The SMILES string of the molecule is O=C(Cl)C(Cl)=NNc1c(Cl)cc(Cl)cc1Cl. The van der Waals surface area contributed by atoms with Crippen molar-refractivity contribution in [2.45, 2.75) is 0 Å². The number of rotatable bonds is 3. The minimum Gasteiger partial charge on any atom is -0.274 e. The van der Waals surface area contributed by atoms with Gasteiger partial charge in [0.25, 0.3) is 5.24 Å². The average molecular weight is 320 g/mol. The van der Waals surface area contributed by atoms with E-state index in [0.29, 0.717) is 5.02 Å². The molecule has 0 unspecified atom stereocenters. The van der Waals surface area contributed by atoms with Crippen molar-refractivity contribution in [1.29, 1.82) is 0 Å². The molecule has 0 saturated carbocycles. The molecular formula is C8H3Cl5N2O. The molecule has 0 amide bonds. The van der Waals surface area contributed by atoms with Crippen molar-refractivity contribution in [3.8, 4) is 0 Å². The van der Waals surface area contributed by atoms with E-state index < -0.39 is 10.4 Å². The summed E-state index contributed by atoms with van der Waals surface area (Å²) in [4.78, 5) is 10.6.